The lowest BCUT2D eigenvalue weighted by atomic mass is 10.0. The number of carbonyl (C=O) groups is 2. The molecule has 2 N–H and O–H groups in total. The van der Waals surface area contributed by atoms with Gasteiger partial charge in [-0.1, -0.05) is 54.9 Å². The van der Waals surface area contributed by atoms with Gasteiger partial charge in [0.25, 0.3) is 5.91 Å². The fourth-order valence-electron chi connectivity index (χ4n) is 3.35. The van der Waals surface area contributed by atoms with Gasteiger partial charge in [-0.2, -0.15) is 0 Å². The highest BCUT2D eigenvalue weighted by Crippen LogP contribution is 2.28. The molecule has 0 aliphatic heterocycles. The molecule has 0 fully saturated rings. The lowest BCUT2D eigenvalue weighted by Crippen LogP contribution is -2.33. The molecule has 186 valence electrons. The highest BCUT2D eigenvalue weighted by atomic mass is 35.5. The normalized spacial score (nSPS) is 11.9. The van der Waals surface area contributed by atoms with Crippen molar-refractivity contribution in [1.82, 2.24) is 20.1 Å². The van der Waals surface area contributed by atoms with Crippen molar-refractivity contribution in [3.63, 3.8) is 0 Å². The molecule has 0 saturated carbocycles. The molecule has 11 heteroatoms. The quantitative estimate of drug-likeness (QED) is 0.361. The van der Waals surface area contributed by atoms with E-state index >= 15 is 0 Å². The molecule has 0 spiro atoms. The van der Waals surface area contributed by atoms with Crippen LogP contribution in [0.2, 0.25) is 10.0 Å². The molecule has 0 bridgehead atoms. The minimum atomic E-state index is -0.408. The molecule has 1 heterocycles. The van der Waals surface area contributed by atoms with Crippen LogP contribution in [0.3, 0.4) is 0 Å². The van der Waals surface area contributed by atoms with Gasteiger partial charge in [0.15, 0.2) is 11.0 Å². The summed E-state index contributed by atoms with van der Waals surface area (Å²) in [6.07, 6.45) is 0. The molecule has 0 saturated heterocycles. The van der Waals surface area contributed by atoms with E-state index in [-0.39, 0.29) is 23.5 Å². The summed E-state index contributed by atoms with van der Waals surface area (Å²) in [6.45, 7) is 5.89. The maximum atomic E-state index is 12.8. The molecule has 1 aromatic heterocycles. The third-order valence-electron chi connectivity index (χ3n) is 5.24. The van der Waals surface area contributed by atoms with Crippen LogP contribution in [-0.4, -0.2) is 39.4 Å². The van der Waals surface area contributed by atoms with Crippen LogP contribution in [0.5, 0.6) is 5.75 Å². The minimum absolute atomic E-state index is 0.0274. The summed E-state index contributed by atoms with van der Waals surface area (Å²) < 4.78 is 7.10. The van der Waals surface area contributed by atoms with Crippen molar-refractivity contribution in [2.24, 2.45) is 13.0 Å². The highest BCUT2D eigenvalue weighted by molar-refractivity contribution is 7.99. The Kier molecular flexibility index (Phi) is 9.04. The van der Waals surface area contributed by atoms with Gasteiger partial charge in [0.05, 0.1) is 34.6 Å². The number of carbonyl (C=O) groups excluding carboxylic acids is 2. The molecule has 8 nitrogen and oxygen atoms in total. The topological polar surface area (TPSA) is 98.1 Å². The summed E-state index contributed by atoms with van der Waals surface area (Å²) in [5, 5.41) is 15.6. The SMILES string of the molecule is COc1ccc(C)cc1NC(=O)CSc1nnc([C@H](NC(=O)c2ccc(Cl)c(Cl)c2)C(C)C)n1C. The van der Waals surface area contributed by atoms with Crippen LogP contribution in [0.15, 0.2) is 41.6 Å². The van der Waals surface area contributed by atoms with Gasteiger partial charge >= 0.3 is 0 Å². The molecule has 2 amide bonds. The first-order chi connectivity index (χ1) is 16.6. The monoisotopic (exact) mass is 535 g/mol. The van der Waals surface area contributed by atoms with E-state index in [4.69, 9.17) is 27.9 Å². The van der Waals surface area contributed by atoms with Crippen LogP contribution in [0.25, 0.3) is 0 Å². The second-order valence-electron chi connectivity index (χ2n) is 8.26. The maximum absolute atomic E-state index is 12.8. The third-order valence-corrected chi connectivity index (χ3v) is 7.00. The summed E-state index contributed by atoms with van der Waals surface area (Å²) >= 11 is 13.3. The van der Waals surface area contributed by atoms with Crippen molar-refractivity contribution in [2.45, 2.75) is 32.0 Å². The second kappa shape index (κ2) is 11.8. The number of benzene rings is 2. The van der Waals surface area contributed by atoms with E-state index in [0.717, 1.165) is 5.56 Å². The Hall–Kier alpha value is -2.75. The molecule has 0 unspecified atom stereocenters. The molecule has 0 aliphatic rings. The molecule has 0 radical (unpaired) electrons. The van der Waals surface area contributed by atoms with Gasteiger partial charge in [0.1, 0.15) is 5.75 Å². The van der Waals surface area contributed by atoms with Crippen LogP contribution in [0, 0.1) is 12.8 Å². The number of nitrogens with zero attached hydrogens (tertiary/aromatic N) is 3. The van der Waals surface area contributed by atoms with Gasteiger partial charge in [0, 0.05) is 12.6 Å². The molecule has 2 aromatic carbocycles. The van der Waals surface area contributed by atoms with Gasteiger partial charge < -0.3 is 19.9 Å². The fraction of sp³-hybridized carbons (Fsp3) is 0.333. The van der Waals surface area contributed by atoms with E-state index in [1.54, 1.807) is 30.9 Å². The van der Waals surface area contributed by atoms with Crippen LogP contribution < -0.4 is 15.4 Å². The van der Waals surface area contributed by atoms with E-state index in [2.05, 4.69) is 20.8 Å². The Balaban J connectivity index is 1.69. The lowest BCUT2D eigenvalue weighted by Gasteiger charge is -2.22. The van der Waals surface area contributed by atoms with Crippen molar-refractivity contribution < 1.29 is 14.3 Å². The van der Waals surface area contributed by atoms with E-state index in [9.17, 15) is 9.59 Å². The van der Waals surface area contributed by atoms with Gasteiger partial charge in [-0.05, 0) is 48.7 Å². The van der Waals surface area contributed by atoms with Gasteiger partial charge in [-0.15, -0.1) is 10.2 Å². The van der Waals surface area contributed by atoms with Gasteiger partial charge in [-0.25, -0.2) is 0 Å². The number of rotatable bonds is 9. The third kappa shape index (κ3) is 6.68. The Bertz CT molecular complexity index is 1230. The number of aromatic nitrogens is 3. The molecule has 35 heavy (non-hydrogen) atoms. The largest absolute Gasteiger partial charge is 0.495 e. The van der Waals surface area contributed by atoms with Crippen LogP contribution in [-0.2, 0) is 11.8 Å². The zero-order chi connectivity index (χ0) is 25.7. The van der Waals surface area contributed by atoms with Gasteiger partial charge in [-0.3, -0.25) is 9.59 Å². The molecule has 0 aliphatic carbocycles. The van der Waals surface area contributed by atoms with Crippen molar-refractivity contribution in [2.75, 3.05) is 18.2 Å². The minimum Gasteiger partial charge on any atom is -0.495 e. The van der Waals surface area contributed by atoms with E-state index in [1.165, 1.54) is 17.8 Å². The average Bonchev–Trinajstić information content (AvgIpc) is 3.17. The number of thioether (sulfide) groups is 1. The smallest absolute Gasteiger partial charge is 0.251 e. The Morgan fingerprint density at radius 2 is 1.86 bits per heavy atom. The van der Waals surface area contributed by atoms with Crippen LogP contribution in [0.1, 0.15) is 41.6 Å². The second-order valence-corrected chi connectivity index (χ2v) is 10.0. The van der Waals surface area contributed by atoms with E-state index < -0.39 is 6.04 Å². The molecular weight excluding hydrogens is 509 g/mol. The first-order valence-electron chi connectivity index (χ1n) is 10.8. The van der Waals surface area contributed by atoms with E-state index in [0.29, 0.717) is 38.0 Å². The Morgan fingerprint density at radius 1 is 1.11 bits per heavy atom. The number of hydrogen-bond acceptors (Lipinski definition) is 6. The van der Waals surface area contributed by atoms with Crippen LogP contribution >= 0.6 is 35.0 Å². The number of amides is 2. The number of methoxy groups -OCH3 is 1. The standard InChI is InChI=1S/C24H27Cl2N5O3S/c1-13(2)21(28-23(33)15-7-8-16(25)17(26)11-15)22-29-30-24(31(22)4)35-12-20(32)27-18-10-14(3)6-9-19(18)34-5/h6-11,13,21H,12H2,1-5H3,(H,27,32)(H,28,33)/t21-/m1/s1. The van der Waals surface area contributed by atoms with Gasteiger partial charge in [0.2, 0.25) is 5.91 Å². The fourth-order valence-corrected chi connectivity index (χ4v) is 4.37. The summed E-state index contributed by atoms with van der Waals surface area (Å²) in [6, 6.07) is 9.89. The summed E-state index contributed by atoms with van der Waals surface area (Å²) in [7, 11) is 3.36. The highest BCUT2D eigenvalue weighted by Gasteiger charge is 2.25. The average molecular weight is 536 g/mol. The molecule has 3 aromatic rings. The first kappa shape index (κ1) is 26.8. The number of anilines is 1. The van der Waals surface area contributed by atoms with Crippen molar-refractivity contribution in [1.29, 1.82) is 0 Å². The lowest BCUT2D eigenvalue weighted by molar-refractivity contribution is -0.113. The number of halogens is 2. The number of aryl methyl sites for hydroxylation is 1. The number of nitrogens with one attached hydrogen (secondary N) is 2. The summed E-state index contributed by atoms with van der Waals surface area (Å²) in [5.74, 6) is 0.830. The number of hydrogen-bond donors (Lipinski definition) is 2. The van der Waals surface area contributed by atoms with Crippen molar-refractivity contribution >= 4 is 52.5 Å². The summed E-state index contributed by atoms with van der Waals surface area (Å²) in [5.41, 5.74) is 2.01. The maximum Gasteiger partial charge on any atom is 0.251 e. The van der Waals surface area contributed by atoms with E-state index in [1.807, 2.05) is 39.0 Å². The first-order valence-corrected chi connectivity index (χ1v) is 12.6. The zero-order valence-corrected chi connectivity index (χ0v) is 22.4. The molecule has 3 rings (SSSR count). The predicted octanol–water partition coefficient (Wildman–Crippen LogP) is 5.30. The zero-order valence-electron chi connectivity index (χ0n) is 20.1. The summed E-state index contributed by atoms with van der Waals surface area (Å²) in [4.78, 5) is 25.4. The Morgan fingerprint density at radius 3 is 2.51 bits per heavy atom. The molecule has 1 atom stereocenters. The van der Waals surface area contributed by atoms with Crippen molar-refractivity contribution in [3.8, 4) is 5.75 Å². The van der Waals surface area contributed by atoms with Crippen molar-refractivity contribution in [3.05, 3.63) is 63.4 Å². The number of ether oxygens (including phenoxy) is 1. The predicted molar refractivity (Wildman–Crippen MR) is 140 cm³/mol. The molecular formula is C24H27Cl2N5O3S. The Labute approximate surface area is 218 Å². The van der Waals surface area contributed by atoms with Crippen LogP contribution in [0.4, 0.5) is 5.69 Å².